The molecular weight excluding hydrogens is 580 g/mol. The Kier molecular flexibility index (Phi) is 9.05. The molecule has 10 nitrogen and oxygen atoms in total. The van der Waals surface area contributed by atoms with Gasteiger partial charge in [0, 0.05) is 82.5 Å². The van der Waals surface area contributed by atoms with E-state index in [1.807, 2.05) is 11.0 Å². The number of hydrogen-bond acceptors (Lipinski definition) is 9. The van der Waals surface area contributed by atoms with Crippen LogP contribution in [0.2, 0.25) is 0 Å². The Morgan fingerprint density at radius 3 is 2.28 bits per heavy atom. The fourth-order valence-corrected chi connectivity index (χ4v) is 7.63. The van der Waals surface area contributed by atoms with E-state index in [1.54, 1.807) is 14.2 Å². The Bertz CT molecular complexity index is 1600. The first-order valence-electron chi connectivity index (χ1n) is 16.9. The molecule has 0 saturated carbocycles. The SMILES string of the molecule is COc1cc2nc3c(c4c2c(c1OC)N(C(=O)CN1CCN(C)CC1)CC4)CCc1cc(OCCCN2CCN(C)CC2)ccc1-3. The van der Waals surface area contributed by atoms with Crippen LogP contribution < -0.4 is 19.1 Å². The molecule has 0 unspecified atom stereocenters. The third kappa shape index (κ3) is 6.03. The van der Waals surface area contributed by atoms with Crippen LogP contribution in [0, 0.1) is 0 Å². The summed E-state index contributed by atoms with van der Waals surface area (Å²) in [4.78, 5) is 30.6. The summed E-state index contributed by atoms with van der Waals surface area (Å²) in [5.41, 5.74) is 7.72. The molecule has 0 N–H and O–H groups in total. The lowest BCUT2D eigenvalue weighted by Crippen LogP contribution is -2.49. The van der Waals surface area contributed by atoms with Crippen LogP contribution in [-0.2, 0) is 24.1 Å². The first kappa shape index (κ1) is 31.2. The second-order valence-corrected chi connectivity index (χ2v) is 13.3. The van der Waals surface area contributed by atoms with E-state index in [4.69, 9.17) is 19.2 Å². The summed E-state index contributed by atoms with van der Waals surface area (Å²) in [6, 6.07) is 8.47. The molecule has 7 rings (SSSR count). The van der Waals surface area contributed by atoms with Gasteiger partial charge < -0.3 is 33.8 Å². The van der Waals surface area contributed by atoms with Crippen molar-refractivity contribution in [2.45, 2.75) is 25.7 Å². The van der Waals surface area contributed by atoms with Crippen molar-refractivity contribution in [2.75, 3.05) is 112 Å². The molecule has 246 valence electrons. The number of aromatic nitrogens is 1. The van der Waals surface area contributed by atoms with Crippen LogP contribution in [-0.4, -0.2) is 137 Å². The summed E-state index contributed by atoms with van der Waals surface area (Å²) in [5, 5.41) is 1.03. The van der Waals surface area contributed by atoms with Crippen LogP contribution in [0.1, 0.15) is 23.1 Å². The smallest absolute Gasteiger partial charge is 0.241 e. The molecule has 0 atom stereocenters. The first-order valence-corrected chi connectivity index (χ1v) is 16.9. The zero-order valence-corrected chi connectivity index (χ0v) is 27.9. The van der Waals surface area contributed by atoms with Crippen LogP contribution in [0.15, 0.2) is 24.3 Å². The molecule has 10 heteroatoms. The minimum absolute atomic E-state index is 0.0992. The molecule has 3 aromatic rings. The number of fused-ring (bicyclic) bond motifs is 4. The summed E-state index contributed by atoms with van der Waals surface area (Å²) in [6.45, 7) is 11.1. The molecule has 1 aliphatic carbocycles. The fraction of sp³-hybridized carbons (Fsp3) is 0.556. The number of amides is 1. The van der Waals surface area contributed by atoms with E-state index in [0.29, 0.717) is 24.6 Å². The maximum atomic E-state index is 13.9. The molecule has 0 spiro atoms. The van der Waals surface area contributed by atoms with Gasteiger partial charge in [0.2, 0.25) is 5.91 Å². The van der Waals surface area contributed by atoms with Crippen molar-refractivity contribution in [2.24, 2.45) is 0 Å². The molecule has 1 aromatic heterocycles. The van der Waals surface area contributed by atoms with Crippen molar-refractivity contribution in [3.05, 3.63) is 41.0 Å². The molecule has 2 fully saturated rings. The quantitative estimate of drug-likeness (QED) is 0.333. The normalized spacial score (nSPS) is 19.2. The van der Waals surface area contributed by atoms with E-state index in [0.717, 1.165) is 119 Å². The highest BCUT2D eigenvalue weighted by Crippen LogP contribution is 2.49. The molecule has 3 aliphatic heterocycles. The Hall–Kier alpha value is -3.44. The maximum absolute atomic E-state index is 13.9. The van der Waals surface area contributed by atoms with E-state index in [-0.39, 0.29) is 5.91 Å². The number of carbonyl (C=O) groups is 1. The van der Waals surface area contributed by atoms with Crippen molar-refractivity contribution in [1.82, 2.24) is 24.6 Å². The molecular formula is C36H48N6O4. The Morgan fingerprint density at radius 2 is 1.57 bits per heavy atom. The number of nitrogens with zero attached hydrogens (tertiary/aromatic N) is 6. The topological polar surface area (TPSA) is 73.8 Å². The van der Waals surface area contributed by atoms with Crippen LogP contribution in [0.5, 0.6) is 17.2 Å². The number of carbonyl (C=O) groups excluding carboxylic acids is 1. The van der Waals surface area contributed by atoms with Crippen molar-refractivity contribution >= 4 is 22.5 Å². The van der Waals surface area contributed by atoms with Crippen LogP contribution in [0.3, 0.4) is 0 Å². The number of pyridine rings is 1. The Balaban J connectivity index is 1.15. The van der Waals surface area contributed by atoms with Gasteiger partial charge in [0.15, 0.2) is 11.5 Å². The summed E-state index contributed by atoms with van der Waals surface area (Å²) in [6.07, 6.45) is 3.68. The number of piperazine rings is 2. The van der Waals surface area contributed by atoms with E-state index < -0.39 is 0 Å². The van der Waals surface area contributed by atoms with Crippen LogP contribution in [0.25, 0.3) is 22.2 Å². The molecule has 46 heavy (non-hydrogen) atoms. The lowest BCUT2D eigenvalue weighted by molar-refractivity contribution is -0.120. The van der Waals surface area contributed by atoms with Gasteiger partial charge >= 0.3 is 0 Å². The highest BCUT2D eigenvalue weighted by Gasteiger charge is 2.34. The molecule has 4 aliphatic rings. The molecule has 2 saturated heterocycles. The number of benzene rings is 2. The van der Waals surface area contributed by atoms with Gasteiger partial charge in [0.25, 0.3) is 0 Å². The summed E-state index contributed by atoms with van der Waals surface area (Å²) in [7, 11) is 7.64. The van der Waals surface area contributed by atoms with Gasteiger partial charge in [0.05, 0.1) is 44.3 Å². The monoisotopic (exact) mass is 628 g/mol. The summed E-state index contributed by atoms with van der Waals surface area (Å²) < 4.78 is 18.0. The average Bonchev–Trinajstić information content (AvgIpc) is 3.08. The molecule has 0 bridgehead atoms. The van der Waals surface area contributed by atoms with Crippen molar-refractivity contribution in [3.8, 4) is 28.5 Å². The number of ether oxygens (including phenoxy) is 3. The highest BCUT2D eigenvalue weighted by atomic mass is 16.5. The minimum atomic E-state index is 0.0992. The Morgan fingerprint density at radius 1 is 0.826 bits per heavy atom. The maximum Gasteiger partial charge on any atom is 0.241 e. The second-order valence-electron chi connectivity index (χ2n) is 13.3. The van der Waals surface area contributed by atoms with Gasteiger partial charge in [-0.2, -0.15) is 0 Å². The van der Waals surface area contributed by atoms with Gasteiger partial charge in [-0.3, -0.25) is 9.69 Å². The molecule has 2 aromatic carbocycles. The largest absolute Gasteiger partial charge is 0.494 e. The van der Waals surface area contributed by atoms with E-state index in [2.05, 4.69) is 51.9 Å². The number of hydrogen-bond donors (Lipinski definition) is 0. The van der Waals surface area contributed by atoms with Gasteiger partial charge in [-0.05, 0) is 74.7 Å². The van der Waals surface area contributed by atoms with E-state index >= 15 is 0 Å². The highest BCUT2D eigenvalue weighted by molar-refractivity contribution is 6.10. The lowest BCUT2D eigenvalue weighted by Gasteiger charge is -2.36. The van der Waals surface area contributed by atoms with Crippen molar-refractivity contribution in [3.63, 3.8) is 0 Å². The molecule has 1 amide bonds. The standard InChI is InChI=1S/C36H48N6O4/c1-38-13-17-40(18-14-38)11-5-21-46-26-7-9-27-25(22-26)6-8-29-28-10-12-42(32(43)24-41-19-15-39(2)16-20-41)35-33(28)30(37-34(27)29)23-31(44-3)36(35)45-4/h7,9,22-23H,5-6,8,10-21,24H2,1-4H3. The van der Waals surface area contributed by atoms with E-state index in [1.165, 1.54) is 22.3 Å². The minimum Gasteiger partial charge on any atom is -0.494 e. The van der Waals surface area contributed by atoms with Gasteiger partial charge in [-0.25, -0.2) is 4.98 Å². The third-order valence-corrected chi connectivity index (χ3v) is 10.4. The first-order chi connectivity index (χ1) is 22.4. The fourth-order valence-electron chi connectivity index (χ4n) is 7.63. The van der Waals surface area contributed by atoms with Crippen molar-refractivity contribution < 1.29 is 19.0 Å². The predicted octanol–water partition coefficient (Wildman–Crippen LogP) is 3.17. The predicted molar refractivity (Wildman–Crippen MR) is 182 cm³/mol. The van der Waals surface area contributed by atoms with Crippen molar-refractivity contribution in [1.29, 1.82) is 0 Å². The van der Waals surface area contributed by atoms with Gasteiger partial charge in [0.1, 0.15) is 5.75 Å². The van der Waals surface area contributed by atoms with E-state index in [9.17, 15) is 4.79 Å². The molecule has 0 radical (unpaired) electrons. The van der Waals surface area contributed by atoms with Gasteiger partial charge in [-0.1, -0.05) is 0 Å². The van der Waals surface area contributed by atoms with Gasteiger partial charge in [-0.15, -0.1) is 0 Å². The summed E-state index contributed by atoms with van der Waals surface area (Å²) in [5.74, 6) is 2.24. The number of likely N-dealkylation sites (N-methyl/N-ethyl adjacent to an activating group) is 2. The summed E-state index contributed by atoms with van der Waals surface area (Å²) >= 11 is 0. The van der Waals surface area contributed by atoms with Crippen LogP contribution in [0.4, 0.5) is 5.69 Å². The number of anilines is 1. The zero-order valence-electron chi connectivity index (χ0n) is 27.9. The van der Waals surface area contributed by atoms with Crippen LogP contribution >= 0.6 is 0 Å². The Labute approximate surface area is 272 Å². The second kappa shape index (κ2) is 13.4. The lowest BCUT2D eigenvalue weighted by atomic mass is 9.83. The number of aryl methyl sites for hydroxylation is 1. The average molecular weight is 629 g/mol. The third-order valence-electron chi connectivity index (χ3n) is 10.4. The zero-order chi connectivity index (χ0) is 31.8. The number of rotatable bonds is 9. The number of methoxy groups -OCH3 is 2. The molecule has 4 heterocycles.